The third-order valence-corrected chi connectivity index (χ3v) is 4.37. The number of rotatable bonds is 5. The molecule has 8 heteroatoms. The molecule has 7 nitrogen and oxygen atoms in total. The quantitative estimate of drug-likeness (QED) is 0.408. The van der Waals surface area contributed by atoms with Crippen LogP contribution in [0.3, 0.4) is 0 Å². The Labute approximate surface area is 169 Å². The molecule has 3 rings (SSSR count). The van der Waals surface area contributed by atoms with E-state index in [1.54, 1.807) is 26.1 Å². The van der Waals surface area contributed by atoms with E-state index in [4.69, 9.17) is 9.47 Å². The second-order valence-corrected chi connectivity index (χ2v) is 6.56. The summed E-state index contributed by atoms with van der Waals surface area (Å²) in [6, 6.07) is 10.0. The van der Waals surface area contributed by atoms with Crippen LogP contribution < -0.4 is 25.4 Å². The lowest BCUT2D eigenvalue weighted by Gasteiger charge is -2.14. The summed E-state index contributed by atoms with van der Waals surface area (Å²) in [6.07, 6.45) is 0.849. The molecule has 0 spiro atoms. The molecule has 1 heterocycles. The number of fused-ring (bicyclic) bond motifs is 1. The van der Waals surface area contributed by atoms with Gasteiger partial charge in [-0.2, -0.15) is 0 Å². The van der Waals surface area contributed by atoms with Gasteiger partial charge in [-0.05, 0) is 36.8 Å². The van der Waals surface area contributed by atoms with Gasteiger partial charge in [-0.25, -0.2) is 4.39 Å². The maximum atomic E-state index is 13.6. The van der Waals surface area contributed by atoms with Gasteiger partial charge in [0.1, 0.15) is 5.82 Å². The molecule has 1 amide bonds. The van der Waals surface area contributed by atoms with Crippen LogP contribution in [0.15, 0.2) is 41.4 Å². The zero-order valence-electron chi connectivity index (χ0n) is 16.5. The molecule has 0 bridgehead atoms. The van der Waals surface area contributed by atoms with Gasteiger partial charge in [0, 0.05) is 43.9 Å². The largest absolute Gasteiger partial charge is 0.490 e. The van der Waals surface area contributed by atoms with Crippen LogP contribution in [0, 0.1) is 12.7 Å². The van der Waals surface area contributed by atoms with E-state index >= 15 is 0 Å². The van der Waals surface area contributed by atoms with Gasteiger partial charge in [-0.3, -0.25) is 9.79 Å². The number of benzene rings is 2. The highest BCUT2D eigenvalue weighted by molar-refractivity contribution is 5.95. The summed E-state index contributed by atoms with van der Waals surface area (Å²) in [4.78, 5) is 16.3. The first-order chi connectivity index (χ1) is 14.1. The van der Waals surface area contributed by atoms with Crippen LogP contribution in [-0.4, -0.2) is 45.2 Å². The average molecular weight is 400 g/mol. The highest BCUT2D eigenvalue weighted by atomic mass is 19.1. The molecule has 0 unspecified atom stereocenters. The van der Waals surface area contributed by atoms with Crippen molar-refractivity contribution in [3.63, 3.8) is 0 Å². The molecule has 0 atom stereocenters. The summed E-state index contributed by atoms with van der Waals surface area (Å²) in [5.41, 5.74) is 1.61. The molecule has 0 aliphatic carbocycles. The number of aliphatic imine (C=N–C) groups is 1. The van der Waals surface area contributed by atoms with Crippen molar-refractivity contribution in [2.24, 2.45) is 4.99 Å². The molecule has 0 radical (unpaired) electrons. The molecule has 0 aromatic heterocycles. The fraction of sp³-hybridized carbons (Fsp3) is 0.333. The molecule has 2 aromatic rings. The number of ether oxygens (including phenoxy) is 2. The van der Waals surface area contributed by atoms with Gasteiger partial charge in [0.05, 0.1) is 13.2 Å². The number of anilines is 1. The minimum atomic E-state index is -0.393. The Hall–Kier alpha value is -3.29. The van der Waals surface area contributed by atoms with E-state index in [0.717, 1.165) is 17.9 Å². The number of carbonyl (C=O) groups is 1. The van der Waals surface area contributed by atoms with E-state index in [9.17, 15) is 9.18 Å². The van der Waals surface area contributed by atoms with Gasteiger partial charge in [-0.1, -0.05) is 6.07 Å². The van der Waals surface area contributed by atoms with Crippen LogP contribution in [0.25, 0.3) is 0 Å². The van der Waals surface area contributed by atoms with Crippen molar-refractivity contribution >= 4 is 17.6 Å². The summed E-state index contributed by atoms with van der Waals surface area (Å²) in [5.74, 6) is 1.26. The summed E-state index contributed by atoms with van der Waals surface area (Å²) < 4.78 is 24.9. The average Bonchev–Trinajstić information content (AvgIpc) is 2.97. The van der Waals surface area contributed by atoms with Crippen molar-refractivity contribution in [1.29, 1.82) is 0 Å². The normalized spacial score (nSPS) is 13.4. The highest BCUT2D eigenvalue weighted by Gasteiger charge is 2.11. The van der Waals surface area contributed by atoms with E-state index < -0.39 is 5.82 Å². The first-order valence-corrected chi connectivity index (χ1v) is 9.48. The van der Waals surface area contributed by atoms with E-state index in [1.807, 2.05) is 18.2 Å². The molecule has 0 saturated heterocycles. The summed E-state index contributed by atoms with van der Waals surface area (Å²) in [5, 5.41) is 9.04. The van der Waals surface area contributed by atoms with Gasteiger partial charge < -0.3 is 25.4 Å². The van der Waals surface area contributed by atoms with Gasteiger partial charge in [0.2, 0.25) is 0 Å². The highest BCUT2D eigenvalue weighted by Crippen LogP contribution is 2.32. The predicted octanol–water partition coefficient (Wildman–Crippen LogP) is 2.71. The van der Waals surface area contributed by atoms with Crippen molar-refractivity contribution in [1.82, 2.24) is 10.6 Å². The summed E-state index contributed by atoms with van der Waals surface area (Å²) in [6.45, 7) is 3.72. The SMILES string of the molecule is CN=C(NCCNC(=O)c1ccc(C)c(F)c1)Nc1ccc2c(c1)OCCCO2. The number of carbonyl (C=O) groups excluding carboxylic acids is 1. The van der Waals surface area contributed by atoms with Crippen LogP contribution in [-0.2, 0) is 0 Å². The van der Waals surface area contributed by atoms with Gasteiger partial charge >= 0.3 is 0 Å². The Morgan fingerprint density at radius 3 is 2.59 bits per heavy atom. The fourth-order valence-electron chi connectivity index (χ4n) is 2.75. The molecule has 2 aromatic carbocycles. The Morgan fingerprint density at radius 1 is 1.07 bits per heavy atom. The second kappa shape index (κ2) is 9.77. The molecular weight excluding hydrogens is 375 g/mol. The third kappa shape index (κ3) is 5.60. The molecule has 1 aliphatic rings. The number of nitrogens with zero attached hydrogens (tertiary/aromatic N) is 1. The van der Waals surface area contributed by atoms with Crippen LogP contribution in [0.5, 0.6) is 11.5 Å². The smallest absolute Gasteiger partial charge is 0.251 e. The Kier molecular flexibility index (Phi) is 6.89. The summed E-state index contributed by atoms with van der Waals surface area (Å²) in [7, 11) is 1.66. The van der Waals surface area contributed by atoms with Gasteiger partial charge in [0.25, 0.3) is 5.91 Å². The van der Waals surface area contributed by atoms with Crippen molar-refractivity contribution < 1.29 is 18.7 Å². The lowest BCUT2D eigenvalue weighted by Crippen LogP contribution is -2.37. The van der Waals surface area contributed by atoms with Crippen LogP contribution in [0.4, 0.5) is 10.1 Å². The van der Waals surface area contributed by atoms with Crippen molar-refractivity contribution in [3.05, 3.63) is 53.3 Å². The zero-order chi connectivity index (χ0) is 20.6. The first kappa shape index (κ1) is 20.4. The zero-order valence-corrected chi connectivity index (χ0v) is 16.5. The number of amides is 1. The molecule has 0 saturated carbocycles. The molecular formula is C21H25FN4O3. The number of halogens is 1. The van der Waals surface area contributed by atoms with E-state index in [-0.39, 0.29) is 5.91 Å². The molecule has 1 aliphatic heterocycles. The van der Waals surface area contributed by atoms with Crippen molar-refractivity contribution in [2.45, 2.75) is 13.3 Å². The summed E-state index contributed by atoms with van der Waals surface area (Å²) >= 11 is 0. The number of hydrogen-bond acceptors (Lipinski definition) is 4. The Balaban J connectivity index is 1.47. The van der Waals surface area contributed by atoms with E-state index in [0.29, 0.717) is 49.1 Å². The number of guanidine groups is 1. The van der Waals surface area contributed by atoms with Crippen molar-refractivity contribution in [3.8, 4) is 11.5 Å². The number of nitrogens with one attached hydrogen (secondary N) is 3. The van der Waals surface area contributed by atoms with Crippen LogP contribution in [0.2, 0.25) is 0 Å². The van der Waals surface area contributed by atoms with Gasteiger partial charge in [0.15, 0.2) is 17.5 Å². The fourth-order valence-corrected chi connectivity index (χ4v) is 2.75. The minimum absolute atomic E-state index is 0.294. The first-order valence-electron chi connectivity index (χ1n) is 9.48. The van der Waals surface area contributed by atoms with Crippen LogP contribution in [0.1, 0.15) is 22.3 Å². The Bertz CT molecular complexity index is 901. The monoisotopic (exact) mass is 400 g/mol. The Morgan fingerprint density at radius 2 is 1.83 bits per heavy atom. The molecule has 29 heavy (non-hydrogen) atoms. The standard InChI is InChI=1S/C21H25FN4O3/c1-14-4-5-15(12-17(14)22)20(27)24-8-9-25-21(23-2)26-16-6-7-18-19(13-16)29-11-3-10-28-18/h4-7,12-13H,3,8-11H2,1-2H3,(H,24,27)(H2,23,25,26). The second-order valence-electron chi connectivity index (χ2n) is 6.56. The van der Waals surface area contributed by atoms with Crippen LogP contribution >= 0.6 is 0 Å². The minimum Gasteiger partial charge on any atom is -0.490 e. The topological polar surface area (TPSA) is 84.0 Å². The van der Waals surface area contributed by atoms with E-state index in [2.05, 4.69) is 20.9 Å². The number of aryl methyl sites for hydroxylation is 1. The lowest BCUT2D eigenvalue weighted by molar-refractivity contribution is 0.0954. The van der Waals surface area contributed by atoms with Crippen molar-refractivity contribution in [2.75, 3.05) is 38.7 Å². The van der Waals surface area contributed by atoms with E-state index in [1.165, 1.54) is 6.07 Å². The van der Waals surface area contributed by atoms with Gasteiger partial charge in [-0.15, -0.1) is 0 Å². The predicted molar refractivity (Wildman–Crippen MR) is 111 cm³/mol. The lowest BCUT2D eigenvalue weighted by atomic mass is 10.1. The maximum absolute atomic E-state index is 13.6. The third-order valence-electron chi connectivity index (χ3n) is 4.37. The molecule has 3 N–H and O–H groups in total. The number of hydrogen-bond donors (Lipinski definition) is 3. The molecule has 0 fully saturated rings. The maximum Gasteiger partial charge on any atom is 0.251 e. The molecule has 154 valence electrons.